The van der Waals surface area contributed by atoms with Crippen LogP contribution in [0.3, 0.4) is 0 Å². The standard InChI is InChI=1S/C33H25Cl3O5/c1-21(37)39-31-28-19-23(34)16-17-27(28)30(38-18-8-9-22-14-15-24(35)20-29(22)36)32(40-25-10-4-2-5-11-25)33(31)41-26-12-6-3-7-13-26/h2-7,10-17,19-20H,8-9,18H2,1H3. The fourth-order valence-corrected chi connectivity index (χ4v) is 4.98. The first kappa shape index (κ1) is 28.6. The average Bonchev–Trinajstić information content (AvgIpc) is 2.96. The molecule has 5 aromatic rings. The van der Waals surface area contributed by atoms with E-state index in [4.69, 9.17) is 53.8 Å². The number of benzene rings is 5. The first-order chi connectivity index (χ1) is 19.9. The lowest BCUT2D eigenvalue weighted by Crippen LogP contribution is -2.07. The van der Waals surface area contributed by atoms with Crippen LogP contribution in [0.1, 0.15) is 18.9 Å². The molecular formula is C33H25Cl3O5. The van der Waals surface area contributed by atoms with Crippen LogP contribution in [0.4, 0.5) is 0 Å². The molecule has 0 amide bonds. The molecule has 8 heteroatoms. The third-order valence-electron chi connectivity index (χ3n) is 6.11. The van der Waals surface area contributed by atoms with Crippen molar-refractivity contribution in [3.63, 3.8) is 0 Å². The molecule has 5 rings (SSSR count). The van der Waals surface area contributed by atoms with Crippen LogP contribution >= 0.6 is 34.8 Å². The number of rotatable bonds is 10. The van der Waals surface area contributed by atoms with Gasteiger partial charge in [-0.3, -0.25) is 4.79 Å². The molecule has 0 unspecified atom stereocenters. The molecule has 5 nitrogen and oxygen atoms in total. The second kappa shape index (κ2) is 13.2. The van der Waals surface area contributed by atoms with Crippen LogP contribution in [0.5, 0.6) is 34.5 Å². The van der Waals surface area contributed by atoms with Crippen LogP contribution in [0.2, 0.25) is 15.1 Å². The Morgan fingerprint density at radius 3 is 1.85 bits per heavy atom. The Hall–Kier alpha value is -3.90. The number of fused-ring (bicyclic) bond motifs is 1. The van der Waals surface area contributed by atoms with Crippen molar-refractivity contribution >= 4 is 51.5 Å². The molecule has 0 heterocycles. The number of ether oxygens (including phenoxy) is 4. The SMILES string of the molecule is CC(=O)Oc1c(Oc2ccccc2)c(Oc2ccccc2)c(OCCCc2ccc(Cl)cc2Cl)c2ccc(Cl)cc12. The highest BCUT2D eigenvalue weighted by atomic mass is 35.5. The average molecular weight is 608 g/mol. The zero-order valence-corrected chi connectivity index (χ0v) is 24.3. The number of halogens is 3. The lowest BCUT2D eigenvalue weighted by molar-refractivity contribution is -0.131. The number of hydrogen-bond acceptors (Lipinski definition) is 5. The quantitative estimate of drug-likeness (QED) is 0.0898. The molecule has 0 aliphatic rings. The molecule has 0 aliphatic carbocycles. The second-order valence-electron chi connectivity index (χ2n) is 9.12. The Balaban J connectivity index is 1.62. The molecule has 0 radical (unpaired) electrons. The maximum atomic E-state index is 12.3. The van der Waals surface area contributed by atoms with Gasteiger partial charge >= 0.3 is 5.97 Å². The summed E-state index contributed by atoms with van der Waals surface area (Å²) in [6.07, 6.45) is 1.33. The number of carbonyl (C=O) groups excluding carboxylic acids is 1. The van der Waals surface area contributed by atoms with Gasteiger partial charge in [0.15, 0.2) is 11.5 Å². The van der Waals surface area contributed by atoms with E-state index < -0.39 is 5.97 Å². The molecule has 208 valence electrons. The maximum absolute atomic E-state index is 12.3. The van der Waals surface area contributed by atoms with Crippen LogP contribution < -0.4 is 18.9 Å². The minimum atomic E-state index is -0.525. The van der Waals surface area contributed by atoms with Crippen molar-refractivity contribution in [2.45, 2.75) is 19.8 Å². The zero-order chi connectivity index (χ0) is 28.8. The number of esters is 1. The highest BCUT2D eigenvalue weighted by molar-refractivity contribution is 6.35. The first-order valence-corrected chi connectivity index (χ1v) is 14.0. The van der Waals surface area contributed by atoms with Crippen LogP contribution in [0, 0.1) is 0 Å². The van der Waals surface area contributed by atoms with Crippen LogP contribution in [-0.4, -0.2) is 12.6 Å². The van der Waals surface area contributed by atoms with Crippen molar-refractivity contribution < 1.29 is 23.7 Å². The van der Waals surface area contributed by atoms with Gasteiger partial charge in [-0.05, 0) is 73.0 Å². The fraction of sp³-hybridized carbons (Fsp3) is 0.121. The van der Waals surface area contributed by atoms with E-state index in [0.29, 0.717) is 62.5 Å². The molecule has 0 aliphatic heterocycles. The van der Waals surface area contributed by atoms with E-state index in [2.05, 4.69) is 0 Å². The Morgan fingerprint density at radius 2 is 1.24 bits per heavy atom. The van der Waals surface area contributed by atoms with Gasteiger partial charge < -0.3 is 18.9 Å². The van der Waals surface area contributed by atoms with E-state index in [-0.39, 0.29) is 17.2 Å². The van der Waals surface area contributed by atoms with Crippen LogP contribution in [0.15, 0.2) is 97.1 Å². The largest absolute Gasteiger partial charge is 0.489 e. The van der Waals surface area contributed by atoms with Gasteiger partial charge in [-0.15, -0.1) is 0 Å². The summed E-state index contributed by atoms with van der Waals surface area (Å²) >= 11 is 18.8. The Morgan fingerprint density at radius 1 is 0.659 bits per heavy atom. The lowest BCUT2D eigenvalue weighted by atomic mass is 10.1. The van der Waals surface area contributed by atoms with E-state index in [1.165, 1.54) is 6.92 Å². The summed E-state index contributed by atoms with van der Waals surface area (Å²) in [6.45, 7) is 1.66. The van der Waals surface area contributed by atoms with Gasteiger partial charge in [-0.1, -0.05) is 77.3 Å². The van der Waals surface area contributed by atoms with Gasteiger partial charge in [0.2, 0.25) is 11.5 Å². The molecule has 0 saturated heterocycles. The molecule has 0 fully saturated rings. The summed E-state index contributed by atoms with van der Waals surface area (Å²) in [7, 11) is 0. The van der Waals surface area contributed by atoms with Gasteiger partial charge in [-0.25, -0.2) is 0 Å². The Bertz CT molecular complexity index is 1670. The maximum Gasteiger partial charge on any atom is 0.308 e. The molecule has 0 saturated carbocycles. The van der Waals surface area contributed by atoms with Crippen molar-refractivity contribution in [2.75, 3.05) is 6.61 Å². The highest BCUT2D eigenvalue weighted by Crippen LogP contribution is 2.54. The van der Waals surface area contributed by atoms with Crippen LogP contribution in [-0.2, 0) is 11.2 Å². The number of carbonyl (C=O) groups is 1. The second-order valence-corrected chi connectivity index (χ2v) is 10.4. The van der Waals surface area contributed by atoms with Gasteiger partial charge in [0.05, 0.1) is 6.61 Å². The molecule has 41 heavy (non-hydrogen) atoms. The number of aryl methyl sites for hydroxylation is 1. The molecular weight excluding hydrogens is 583 g/mol. The topological polar surface area (TPSA) is 54.0 Å². The third kappa shape index (κ3) is 7.06. The van der Waals surface area contributed by atoms with Gasteiger partial charge in [-0.2, -0.15) is 0 Å². The number of hydrogen-bond donors (Lipinski definition) is 0. The predicted octanol–water partition coefficient (Wildman–Crippen LogP) is 10.3. The van der Waals surface area contributed by atoms with Gasteiger partial charge in [0, 0.05) is 32.8 Å². The summed E-state index contributed by atoms with van der Waals surface area (Å²) in [5.41, 5.74) is 0.968. The summed E-state index contributed by atoms with van der Waals surface area (Å²) in [5, 5.41) is 2.82. The minimum absolute atomic E-state index is 0.171. The van der Waals surface area contributed by atoms with Crippen molar-refractivity contribution in [2.24, 2.45) is 0 Å². The first-order valence-electron chi connectivity index (χ1n) is 12.9. The lowest BCUT2D eigenvalue weighted by Gasteiger charge is -2.22. The highest BCUT2D eigenvalue weighted by Gasteiger charge is 2.27. The molecule has 0 spiro atoms. The molecule has 0 N–H and O–H groups in total. The Labute approximate surface area is 253 Å². The Kier molecular flexibility index (Phi) is 9.20. The van der Waals surface area contributed by atoms with E-state index in [1.54, 1.807) is 36.4 Å². The summed E-state index contributed by atoms with van der Waals surface area (Å²) in [4.78, 5) is 12.3. The summed E-state index contributed by atoms with van der Waals surface area (Å²) in [6, 6.07) is 29.1. The summed E-state index contributed by atoms with van der Waals surface area (Å²) < 4.78 is 24.9. The van der Waals surface area contributed by atoms with E-state index >= 15 is 0 Å². The fourth-order valence-electron chi connectivity index (χ4n) is 4.30. The van der Waals surface area contributed by atoms with E-state index in [0.717, 1.165) is 5.56 Å². The van der Waals surface area contributed by atoms with Crippen molar-refractivity contribution in [3.05, 3.63) is 118 Å². The van der Waals surface area contributed by atoms with E-state index in [1.807, 2.05) is 60.7 Å². The van der Waals surface area contributed by atoms with Crippen molar-refractivity contribution in [3.8, 4) is 34.5 Å². The smallest absolute Gasteiger partial charge is 0.308 e. The van der Waals surface area contributed by atoms with Gasteiger partial charge in [0.1, 0.15) is 11.5 Å². The molecule has 0 atom stereocenters. The third-order valence-corrected chi connectivity index (χ3v) is 6.94. The zero-order valence-electron chi connectivity index (χ0n) is 22.0. The number of para-hydroxylation sites is 2. The summed E-state index contributed by atoms with van der Waals surface area (Å²) in [5.74, 6) is 1.57. The van der Waals surface area contributed by atoms with Crippen LogP contribution in [0.25, 0.3) is 10.8 Å². The van der Waals surface area contributed by atoms with Crippen molar-refractivity contribution in [1.29, 1.82) is 0 Å². The minimum Gasteiger partial charge on any atom is -0.489 e. The van der Waals surface area contributed by atoms with E-state index in [9.17, 15) is 4.79 Å². The van der Waals surface area contributed by atoms with Crippen molar-refractivity contribution in [1.82, 2.24) is 0 Å². The molecule has 0 aromatic heterocycles. The molecule has 0 bridgehead atoms. The normalized spacial score (nSPS) is 10.8. The predicted molar refractivity (Wildman–Crippen MR) is 164 cm³/mol. The van der Waals surface area contributed by atoms with Gasteiger partial charge in [0.25, 0.3) is 0 Å². The molecule has 5 aromatic carbocycles. The monoisotopic (exact) mass is 606 g/mol.